The van der Waals surface area contributed by atoms with Crippen molar-refractivity contribution in [1.82, 2.24) is 4.98 Å². The fraction of sp³-hybridized carbons (Fsp3) is 0.250. The average Bonchev–Trinajstić information content (AvgIpc) is 3.47. The molecule has 1 aromatic heterocycles. The van der Waals surface area contributed by atoms with Gasteiger partial charge in [0, 0.05) is 11.5 Å². The quantitative estimate of drug-likeness (QED) is 0.578. The highest BCUT2D eigenvalue weighted by Crippen LogP contribution is 2.40. The normalized spacial score (nSPS) is 13.6. The molecule has 1 saturated carbocycles. The first-order valence-corrected chi connectivity index (χ1v) is 9.40. The molecule has 1 aliphatic carbocycles. The number of hydrogen-bond donors (Lipinski definition) is 2. The minimum atomic E-state index is -0.266. The number of aromatic amines is 1. The van der Waals surface area contributed by atoms with Gasteiger partial charge in [0.25, 0.3) is 5.56 Å². The number of halogens is 2. The maximum atomic E-state index is 12.3. The number of pyridine rings is 1. The number of methoxy groups -OCH3 is 1. The molecule has 5 nitrogen and oxygen atoms in total. The standard InChI is InChI=1S/C20H18Cl2N2O3/c1-26-16-8-7-12-15(23-19-13(21)3-2-4-14(19)22)9-17(25)24-18(12)20(16)27-10-11-5-6-11/h2-4,7-9,11H,5-6,10H2,1H3,(H2,23,24,25). The number of rotatable bonds is 6. The Kier molecular flexibility index (Phi) is 4.89. The number of fused-ring (bicyclic) bond motifs is 1. The number of para-hydroxylation sites is 1. The Bertz CT molecular complexity index is 1040. The van der Waals surface area contributed by atoms with Crippen molar-refractivity contribution in [3.63, 3.8) is 0 Å². The lowest BCUT2D eigenvalue weighted by molar-refractivity contribution is 0.283. The topological polar surface area (TPSA) is 63.3 Å². The maximum absolute atomic E-state index is 12.3. The number of anilines is 2. The van der Waals surface area contributed by atoms with E-state index in [1.54, 1.807) is 25.3 Å². The van der Waals surface area contributed by atoms with E-state index in [1.807, 2.05) is 12.1 Å². The van der Waals surface area contributed by atoms with Crippen molar-refractivity contribution in [1.29, 1.82) is 0 Å². The van der Waals surface area contributed by atoms with Crippen molar-refractivity contribution >= 4 is 45.5 Å². The first kappa shape index (κ1) is 18.0. The van der Waals surface area contributed by atoms with Crippen molar-refractivity contribution in [2.75, 3.05) is 19.0 Å². The van der Waals surface area contributed by atoms with Crippen LogP contribution in [0.1, 0.15) is 12.8 Å². The summed E-state index contributed by atoms with van der Waals surface area (Å²) in [5.41, 5.74) is 1.44. The van der Waals surface area contributed by atoms with Crippen molar-refractivity contribution in [3.05, 3.63) is 56.8 Å². The van der Waals surface area contributed by atoms with Gasteiger partial charge in [-0.15, -0.1) is 0 Å². The Morgan fingerprint density at radius 2 is 1.93 bits per heavy atom. The second kappa shape index (κ2) is 7.33. The van der Waals surface area contributed by atoms with Crippen LogP contribution >= 0.6 is 23.2 Å². The summed E-state index contributed by atoms with van der Waals surface area (Å²) < 4.78 is 11.4. The average molecular weight is 405 g/mol. The van der Waals surface area contributed by atoms with Gasteiger partial charge in [-0.05, 0) is 43.0 Å². The Morgan fingerprint density at radius 1 is 1.19 bits per heavy atom. The fourth-order valence-electron chi connectivity index (χ4n) is 2.93. The summed E-state index contributed by atoms with van der Waals surface area (Å²) in [5.74, 6) is 1.68. The summed E-state index contributed by atoms with van der Waals surface area (Å²) in [6.07, 6.45) is 2.34. The van der Waals surface area contributed by atoms with Gasteiger partial charge in [0.15, 0.2) is 11.5 Å². The summed E-state index contributed by atoms with van der Waals surface area (Å²) in [5, 5.41) is 4.90. The predicted octanol–water partition coefficient (Wildman–Crippen LogP) is 5.38. The number of hydrogen-bond acceptors (Lipinski definition) is 4. The van der Waals surface area contributed by atoms with E-state index in [0.717, 1.165) is 5.39 Å². The van der Waals surface area contributed by atoms with Gasteiger partial charge in [0.2, 0.25) is 0 Å². The van der Waals surface area contributed by atoms with Gasteiger partial charge in [-0.2, -0.15) is 0 Å². The van der Waals surface area contributed by atoms with Crippen molar-refractivity contribution in [2.24, 2.45) is 5.92 Å². The molecule has 2 N–H and O–H groups in total. The third-order valence-electron chi connectivity index (χ3n) is 4.54. The molecule has 27 heavy (non-hydrogen) atoms. The van der Waals surface area contributed by atoms with Gasteiger partial charge in [-0.1, -0.05) is 29.3 Å². The number of H-pyrrole nitrogens is 1. The zero-order valence-electron chi connectivity index (χ0n) is 14.6. The lowest BCUT2D eigenvalue weighted by Gasteiger charge is -2.16. The number of nitrogens with one attached hydrogen (secondary N) is 2. The van der Waals surface area contributed by atoms with Crippen LogP contribution in [-0.4, -0.2) is 18.7 Å². The van der Waals surface area contributed by atoms with E-state index in [4.69, 9.17) is 32.7 Å². The predicted molar refractivity (Wildman–Crippen MR) is 109 cm³/mol. The van der Waals surface area contributed by atoms with Crippen molar-refractivity contribution < 1.29 is 9.47 Å². The van der Waals surface area contributed by atoms with Gasteiger partial charge in [0.05, 0.1) is 40.7 Å². The molecule has 0 unspecified atom stereocenters. The van der Waals surface area contributed by atoms with Gasteiger partial charge in [-0.25, -0.2) is 0 Å². The number of aromatic nitrogens is 1. The molecular formula is C20H18Cl2N2O3. The van der Waals surface area contributed by atoms with Crippen LogP contribution in [0.5, 0.6) is 11.5 Å². The van der Waals surface area contributed by atoms with Crippen LogP contribution in [0, 0.1) is 5.92 Å². The number of benzene rings is 2. The molecule has 4 rings (SSSR count). The Labute approximate surface area is 166 Å². The summed E-state index contributed by atoms with van der Waals surface area (Å²) in [6, 6.07) is 10.4. The van der Waals surface area contributed by atoms with Crippen molar-refractivity contribution in [3.8, 4) is 11.5 Å². The van der Waals surface area contributed by atoms with Gasteiger partial charge >= 0.3 is 0 Å². The van der Waals surface area contributed by atoms with Crippen LogP contribution in [-0.2, 0) is 0 Å². The molecule has 2 aromatic carbocycles. The molecule has 0 aliphatic heterocycles. The van der Waals surface area contributed by atoms with Gasteiger partial charge in [-0.3, -0.25) is 4.79 Å². The highest BCUT2D eigenvalue weighted by Gasteiger charge is 2.24. The van der Waals surface area contributed by atoms with Gasteiger partial charge < -0.3 is 19.8 Å². The highest BCUT2D eigenvalue weighted by molar-refractivity contribution is 6.39. The summed E-state index contributed by atoms with van der Waals surface area (Å²) >= 11 is 12.5. The van der Waals surface area contributed by atoms with Crippen molar-refractivity contribution in [2.45, 2.75) is 12.8 Å². The molecule has 0 atom stereocenters. The second-order valence-corrected chi connectivity index (χ2v) is 7.36. The minimum Gasteiger partial charge on any atom is -0.493 e. The molecule has 1 aliphatic rings. The molecule has 0 bridgehead atoms. The first-order chi connectivity index (χ1) is 13.1. The lowest BCUT2D eigenvalue weighted by Crippen LogP contribution is -2.09. The molecular weight excluding hydrogens is 387 g/mol. The Hall–Kier alpha value is -2.37. The molecule has 1 fully saturated rings. The van der Waals surface area contributed by atoms with E-state index >= 15 is 0 Å². The monoisotopic (exact) mass is 404 g/mol. The third-order valence-corrected chi connectivity index (χ3v) is 5.17. The molecule has 140 valence electrons. The van der Waals surface area contributed by atoms with Crippen LogP contribution in [0.3, 0.4) is 0 Å². The zero-order valence-corrected chi connectivity index (χ0v) is 16.2. The molecule has 0 radical (unpaired) electrons. The van der Waals surface area contributed by atoms with E-state index in [9.17, 15) is 4.79 Å². The molecule has 7 heteroatoms. The molecule has 0 saturated heterocycles. The molecule has 1 heterocycles. The second-order valence-electron chi connectivity index (χ2n) is 6.54. The first-order valence-electron chi connectivity index (χ1n) is 8.64. The van der Waals surface area contributed by atoms with Crippen LogP contribution < -0.4 is 20.3 Å². The van der Waals surface area contributed by atoms with E-state index in [1.165, 1.54) is 18.9 Å². The Balaban J connectivity index is 1.83. The van der Waals surface area contributed by atoms with Crippen LogP contribution in [0.25, 0.3) is 10.9 Å². The van der Waals surface area contributed by atoms with E-state index in [2.05, 4.69) is 10.3 Å². The van der Waals surface area contributed by atoms with Crippen LogP contribution in [0.2, 0.25) is 10.0 Å². The van der Waals surface area contributed by atoms with E-state index < -0.39 is 0 Å². The lowest BCUT2D eigenvalue weighted by atomic mass is 10.1. The van der Waals surface area contributed by atoms with Crippen LogP contribution in [0.4, 0.5) is 11.4 Å². The third kappa shape index (κ3) is 3.70. The van der Waals surface area contributed by atoms with Gasteiger partial charge in [0.1, 0.15) is 0 Å². The summed E-state index contributed by atoms with van der Waals surface area (Å²) in [4.78, 5) is 15.2. The van der Waals surface area contributed by atoms with E-state index in [0.29, 0.717) is 51.0 Å². The molecule has 3 aromatic rings. The summed E-state index contributed by atoms with van der Waals surface area (Å²) in [7, 11) is 1.58. The molecule has 0 amide bonds. The Morgan fingerprint density at radius 3 is 2.59 bits per heavy atom. The SMILES string of the molecule is COc1ccc2c(Nc3c(Cl)cccc3Cl)cc(=O)[nH]c2c1OCC1CC1. The zero-order chi connectivity index (χ0) is 19.0. The van der Waals surface area contributed by atoms with E-state index in [-0.39, 0.29) is 5.56 Å². The smallest absolute Gasteiger partial charge is 0.250 e. The highest BCUT2D eigenvalue weighted by atomic mass is 35.5. The summed E-state index contributed by atoms with van der Waals surface area (Å²) in [6.45, 7) is 0.603. The fourth-order valence-corrected chi connectivity index (χ4v) is 3.42. The maximum Gasteiger partial charge on any atom is 0.250 e. The number of ether oxygens (including phenoxy) is 2. The minimum absolute atomic E-state index is 0.266. The molecule has 0 spiro atoms. The van der Waals surface area contributed by atoms with Crippen LogP contribution in [0.15, 0.2) is 41.2 Å². The largest absolute Gasteiger partial charge is 0.493 e.